The summed E-state index contributed by atoms with van der Waals surface area (Å²) in [6.07, 6.45) is 0. The van der Waals surface area contributed by atoms with E-state index in [-0.39, 0.29) is 0 Å². The molecular formula is C7H4BrN. The molecule has 9 heavy (non-hydrogen) atoms. The van der Waals surface area contributed by atoms with Gasteiger partial charge in [-0.3, -0.25) is 0 Å². The largest absolute Gasteiger partial charge is 0.238 e. The standard InChI is InChI=1S/C7H4BrN/c1-9-7-4-2-3-6(8)5-7/h2-5H. The van der Waals surface area contributed by atoms with Gasteiger partial charge in [0.05, 0.1) is 6.57 Å². The highest BCUT2D eigenvalue weighted by molar-refractivity contribution is 9.10. The van der Waals surface area contributed by atoms with Gasteiger partial charge in [0.25, 0.3) is 0 Å². The zero-order valence-corrected chi connectivity index (χ0v) is 6.22. The summed E-state index contributed by atoms with van der Waals surface area (Å²) >= 11 is 3.26. The minimum atomic E-state index is 0.671. The monoisotopic (exact) mass is 181 g/mol. The van der Waals surface area contributed by atoms with Crippen LogP contribution in [0.3, 0.4) is 0 Å². The maximum absolute atomic E-state index is 6.64. The van der Waals surface area contributed by atoms with Crippen LogP contribution in [0.25, 0.3) is 4.85 Å². The van der Waals surface area contributed by atoms with E-state index in [9.17, 15) is 0 Å². The van der Waals surface area contributed by atoms with Gasteiger partial charge in [-0.2, -0.15) is 0 Å². The van der Waals surface area contributed by atoms with Crippen molar-refractivity contribution in [1.82, 2.24) is 0 Å². The minimum Gasteiger partial charge on any atom is -0.238 e. The van der Waals surface area contributed by atoms with E-state index in [4.69, 9.17) is 6.57 Å². The first-order valence-electron chi connectivity index (χ1n) is 2.46. The summed E-state index contributed by atoms with van der Waals surface area (Å²) in [7, 11) is 0. The molecule has 0 saturated carbocycles. The molecule has 0 aliphatic heterocycles. The van der Waals surface area contributed by atoms with Crippen molar-refractivity contribution in [1.29, 1.82) is 0 Å². The van der Waals surface area contributed by atoms with Crippen molar-refractivity contribution in [2.24, 2.45) is 0 Å². The molecule has 2 heteroatoms. The van der Waals surface area contributed by atoms with Crippen LogP contribution in [0.4, 0.5) is 5.69 Å². The maximum atomic E-state index is 6.64. The lowest BCUT2D eigenvalue weighted by molar-refractivity contribution is 1.66. The summed E-state index contributed by atoms with van der Waals surface area (Å²) < 4.78 is 0.955. The van der Waals surface area contributed by atoms with E-state index in [2.05, 4.69) is 20.8 Å². The molecule has 0 heterocycles. The van der Waals surface area contributed by atoms with Gasteiger partial charge in [0.1, 0.15) is 0 Å². The van der Waals surface area contributed by atoms with Crippen LogP contribution in [0.15, 0.2) is 28.7 Å². The maximum Gasteiger partial charge on any atom is 0.188 e. The predicted molar refractivity (Wildman–Crippen MR) is 40.4 cm³/mol. The van der Waals surface area contributed by atoms with Crippen LogP contribution in [0.5, 0.6) is 0 Å². The van der Waals surface area contributed by atoms with Crippen LogP contribution in [0.2, 0.25) is 0 Å². The highest BCUT2D eigenvalue weighted by Gasteiger charge is 1.87. The molecule has 1 aromatic rings. The molecule has 1 rings (SSSR count). The molecule has 0 aromatic heterocycles. The van der Waals surface area contributed by atoms with E-state index in [0.717, 1.165) is 4.47 Å². The van der Waals surface area contributed by atoms with Crippen LogP contribution < -0.4 is 0 Å². The number of hydrogen-bond donors (Lipinski definition) is 0. The Morgan fingerprint density at radius 1 is 1.44 bits per heavy atom. The average Bonchev–Trinajstić information content (AvgIpc) is 1.88. The number of halogens is 1. The van der Waals surface area contributed by atoms with Crippen molar-refractivity contribution < 1.29 is 0 Å². The highest BCUT2D eigenvalue weighted by Crippen LogP contribution is 2.17. The van der Waals surface area contributed by atoms with Gasteiger partial charge in [0.2, 0.25) is 0 Å². The van der Waals surface area contributed by atoms with Gasteiger partial charge in [0.15, 0.2) is 5.69 Å². The molecule has 1 nitrogen and oxygen atoms in total. The van der Waals surface area contributed by atoms with Crippen molar-refractivity contribution in [3.63, 3.8) is 0 Å². The topological polar surface area (TPSA) is 4.36 Å². The molecule has 0 spiro atoms. The van der Waals surface area contributed by atoms with Crippen molar-refractivity contribution in [2.75, 3.05) is 0 Å². The average molecular weight is 182 g/mol. The van der Waals surface area contributed by atoms with Gasteiger partial charge in [0, 0.05) is 4.47 Å². The fourth-order valence-electron chi connectivity index (χ4n) is 0.546. The van der Waals surface area contributed by atoms with Gasteiger partial charge in [-0.25, -0.2) is 4.85 Å². The SMILES string of the molecule is [C-]#[N+]c1cccc(Br)c1. The third kappa shape index (κ3) is 1.55. The molecule has 0 saturated heterocycles. The van der Waals surface area contributed by atoms with Gasteiger partial charge < -0.3 is 0 Å². The van der Waals surface area contributed by atoms with Crippen LogP contribution in [0, 0.1) is 6.57 Å². The Balaban J connectivity index is 3.12. The van der Waals surface area contributed by atoms with E-state index >= 15 is 0 Å². The number of benzene rings is 1. The second-order valence-electron chi connectivity index (χ2n) is 1.59. The smallest absolute Gasteiger partial charge is 0.188 e. The van der Waals surface area contributed by atoms with Gasteiger partial charge in [-0.15, -0.1) is 0 Å². The summed E-state index contributed by atoms with van der Waals surface area (Å²) in [6, 6.07) is 7.30. The summed E-state index contributed by atoms with van der Waals surface area (Å²) in [6.45, 7) is 6.64. The Labute approximate surface area is 62.3 Å². The number of nitrogens with zero attached hydrogens (tertiary/aromatic N) is 1. The lowest BCUT2D eigenvalue weighted by atomic mass is 10.3. The summed E-state index contributed by atoms with van der Waals surface area (Å²) in [5, 5.41) is 0. The molecule has 0 aliphatic carbocycles. The Morgan fingerprint density at radius 3 is 2.67 bits per heavy atom. The first-order valence-corrected chi connectivity index (χ1v) is 3.25. The van der Waals surface area contributed by atoms with Crippen molar-refractivity contribution in [2.45, 2.75) is 0 Å². The van der Waals surface area contributed by atoms with Crippen LogP contribution >= 0.6 is 15.9 Å². The molecule has 0 N–H and O–H groups in total. The number of hydrogen-bond acceptors (Lipinski definition) is 0. The van der Waals surface area contributed by atoms with Crippen molar-refractivity contribution in [3.05, 3.63) is 40.2 Å². The molecule has 0 radical (unpaired) electrons. The van der Waals surface area contributed by atoms with E-state index in [1.165, 1.54) is 0 Å². The number of rotatable bonds is 0. The Bertz CT molecular complexity index is 249. The van der Waals surface area contributed by atoms with Crippen LogP contribution in [-0.4, -0.2) is 0 Å². The third-order valence-corrected chi connectivity index (χ3v) is 1.43. The minimum absolute atomic E-state index is 0.671. The zero-order chi connectivity index (χ0) is 6.69. The third-order valence-electron chi connectivity index (χ3n) is 0.937. The first kappa shape index (κ1) is 6.31. The van der Waals surface area contributed by atoms with E-state index in [1.807, 2.05) is 12.1 Å². The van der Waals surface area contributed by atoms with E-state index in [1.54, 1.807) is 12.1 Å². The van der Waals surface area contributed by atoms with Gasteiger partial charge in [-0.1, -0.05) is 34.1 Å². The summed E-state index contributed by atoms with van der Waals surface area (Å²) in [5.74, 6) is 0. The first-order chi connectivity index (χ1) is 4.33. The molecule has 1 aromatic carbocycles. The fourth-order valence-corrected chi connectivity index (χ4v) is 0.933. The quantitative estimate of drug-likeness (QED) is 0.543. The molecule has 0 fully saturated rings. The molecule has 0 bridgehead atoms. The molecule has 0 aliphatic rings. The van der Waals surface area contributed by atoms with Crippen LogP contribution in [0.1, 0.15) is 0 Å². The van der Waals surface area contributed by atoms with E-state index < -0.39 is 0 Å². The summed E-state index contributed by atoms with van der Waals surface area (Å²) in [5.41, 5.74) is 0.671. The molecule has 0 atom stereocenters. The molecule has 0 unspecified atom stereocenters. The van der Waals surface area contributed by atoms with Crippen LogP contribution in [-0.2, 0) is 0 Å². The molecule has 0 amide bonds. The van der Waals surface area contributed by atoms with Crippen molar-refractivity contribution in [3.8, 4) is 0 Å². The van der Waals surface area contributed by atoms with Crippen molar-refractivity contribution >= 4 is 21.6 Å². The lowest BCUT2D eigenvalue weighted by Crippen LogP contribution is -1.60. The summed E-state index contributed by atoms with van der Waals surface area (Å²) in [4.78, 5) is 3.25. The van der Waals surface area contributed by atoms with Gasteiger partial charge in [-0.05, 0) is 6.07 Å². The highest BCUT2D eigenvalue weighted by atomic mass is 79.9. The second-order valence-corrected chi connectivity index (χ2v) is 2.51. The molecular weight excluding hydrogens is 178 g/mol. The van der Waals surface area contributed by atoms with Gasteiger partial charge >= 0.3 is 0 Å². The lowest BCUT2D eigenvalue weighted by Gasteiger charge is -1.87. The second kappa shape index (κ2) is 2.65. The zero-order valence-electron chi connectivity index (χ0n) is 4.63. The Hall–Kier alpha value is -0.810. The molecule has 44 valence electrons. The Kier molecular flexibility index (Phi) is 1.86. The Morgan fingerprint density at radius 2 is 2.22 bits per heavy atom. The normalized spacial score (nSPS) is 8.44. The predicted octanol–water partition coefficient (Wildman–Crippen LogP) is 3.00. The fraction of sp³-hybridized carbons (Fsp3) is 0. The van der Waals surface area contributed by atoms with E-state index in [0.29, 0.717) is 5.69 Å².